The molecule has 0 amide bonds. The third kappa shape index (κ3) is 2.03. The normalized spacial score (nSPS) is 10.2. The largest absolute Gasteiger partial charge is 0.508 e. The van der Waals surface area contributed by atoms with Crippen LogP contribution in [0.1, 0.15) is 5.56 Å². The molecule has 0 spiro atoms. The first-order valence-corrected chi connectivity index (χ1v) is 3.39. The standard InChI is InChI=1S/C9H5F2NO/c10-8-4-6(13)5-9(11)7(8)2-1-3-12/h1-2,4-5,13H. The number of halogens is 2. The Hall–Kier alpha value is -1.89. The van der Waals surface area contributed by atoms with Crippen molar-refractivity contribution in [2.75, 3.05) is 0 Å². The molecule has 0 aliphatic heterocycles. The third-order valence-corrected chi connectivity index (χ3v) is 1.39. The highest BCUT2D eigenvalue weighted by Crippen LogP contribution is 2.20. The number of aromatic hydroxyl groups is 1. The lowest BCUT2D eigenvalue weighted by Gasteiger charge is -1.99. The van der Waals surface area contributed by atoms with Crippen LogP contribution in [-0.2, 0) is 0 Å². The number of nitrogens with zero attached hydrogens (tertiary/aromatic N) is 1. The van der Waals surface area contributed by atoms with Crippen molar-refractivity contribution in [3.63, 3.8) is 0 Å². The highest BCUT2D eigenvalue weighted by molar-refractivity contribution is 5.54. The summed E-state index contributed by atoms with van der Waals surface area (Å²) >= 11 is 0. The van der Waals surface area contributed by atoms with E-state index in [1.807, 2.05) is 0 Å². The topological polar surface area (TPSA) is 44.0 Å². The van der Waals surface area contributed by atoms with Gasteiger partial charge in [-0.05, 0) is 6.08 Å². The Balaban J connectivity index is 3.22. The maximum atomic E-state index is 12.9. The number of benzene rings is 1. The van der Waals surface area contributed by atoms with Crippen molar-refractivity contribution in [3.05, 3.63) is 35.4 Å². The summed E-state index contributed by atoms with van der Waals surface area (Å²) in [6, 6.07) is 3.16. The predicted octanol–water partition coefficient (Wildman–Crippen LogP) is 2.21. The monoisotopic (exact) mass is 181 g/mol. The zero-order valence-electron chi connectivity index (χ0n) is 6.46. The van der Waals surface area contributed by atoms with Gasteiger partial charge in [-0.15, -0.1) is 0 Å². The van der Waals surface area contributed by atoms with Gasteiger partial charge < -0.3 is 5.11 Å². The van der Waals surface area contributed by atoms with Crippen LogP contribution < -0.4 is 0 Å². The fraction of sp³-hybridized carbons (Fsp3) is 0. The summed E-state index contributed by atoms with van der Waals surface area (Å²) in [7, 11) is 0. The van der Waals surface area contributed by atoms with E-state index in [2.05, 4.69) is 0 Å². The zero-order chi connectivity index (χ0) is 9.84. The average molecular weight is 181 g/mol. The van der Waals surface area contributed by atoms with E-state index in [0.29, 0.717) is 0 Å². The quantitative estimate of drug-likeness (QED) is 0.675. The molecule has 0 saturated heterocycles. The van der Waals surface area contributed by atoms with Crippen LogP contribution in [0.15, 0.2) is 18.2 Å². The van der Waals surface area contributed by atoms with Crippen molar-refractivity contribution in [1.29, 1.82) is 5.26 Å². The van der Waals surface area contributed by atoms with Crippen molar-refractivity contribution in [2.24, 2.45) is 0 Å². The molecule has 66 valence electrons. The van der Waals surface area contributed by atoms with Gasteiger partial charge in [0, 0.05) is 23.8 Å². The van der Waals surface area contributed by atoms with Gasteiger partial charge in [0.1, 0.15) is 17.4 Å². The van der Waals surface area contributed by atoms with Crippen LogP contribution in [-0.4, -0.2) is 5.11 Å². The molecular weight excluding hydrogens is 176 g/mol. The summed E-state index contributed by atoms with van der Waals surface area (Å²) in [4.78, 5) is 0. The fourth-order valence-corrected chi connectivity index (χ4v) is 0.851. The van der Waals surface area contributed by atoms with Crippen LogP contribution in [0, 0.1) is 23.0 Å². The molecule has 1 aromatic carbocycles. The number of nitriles is 1. The Morgan fingerprint density at radius 3 is 2.31 bits per heavy atom. The van der Waals surface area contributed by atoms with Gasteiger partial charge in [0.15, 0.2) is 0 Å². The summed E-state index contributed by atoms with van der Waals surface area (Å²) in [5, 5.41) is 16.9. The minimum atomic E-state index is -0.899. The van der Waals surface area contributed by atoms with Crippen LogP contribution in [0.25, 0.3) is 6.08 Å². The van der Waals surface area contributed by atoms with Crippen molar-refractivity contribution >= 4 is 6.08 Å². The minimum Gasteiger partial charge on any atom is -0.508 e. The summed E-state index contributed by atoms with van der Waals surface area (Å²) < 4.78 is 25.7. The maximum absolute atomic E-state index is 12.9. The van der Waals surface area contributed by atoms with Gasteiger partial charge in [-0.3, -0.25) is 0 Å². The van der Waals surface area contributed by atoms with Crippen LogP contribution in [0.3, 0.4) is 0 Å². The van der Waals surface area contributed by atoms with Gasteiger partial charge in [-0.2, -0.15) is 5.26 Å². The lowest BCUT2D eigenvalue weighted by molar-refractivity contribution is 0.460. The second-order valence-electron chi connectivity index (χ2n) is 2.29. The Bertz CT molecular complexity index is 370. The SMILES string of the molecule is N#CC=Cc1c(F)cc(O)cc1F. The van der Waals surface area contributed by atoms with E-state index in [4.69, 9.17) is 10.4 Å². The molecule has 0 aromatic heterocycles. The summed E-state index contributed by atoms with van der Waals surface area (Å²) in [5.41, 5.74) is -0.334. The van der Waals surface area contributed by atoms with Crippen molar-refractivity contribution in [2.45, 2.75) is 0 Å². The second kappa shape index (κ2) is 3.68. The molecule has 0 atom stereocenters. The first-order chi connectivity index (χ1) is 6.15. The molecule has 1 rings (SSSR count). The molecule has 0 radical (unpaired) electrons. The van der Waals surface area contributed by atoms with Gasteiger partial charge in [0.25, 0.3) is 0 Å². The Kier molecular flexibility index (Phi) is 2.60. The average Bonchev–Trinajstić information content (AvgIpc) is 2.02. The molecule has 0 fully saturated rings. The molecule has 0 aliphatic rings. The molecule has 1 aromatic rings. The van der Waals surface area contributed by atoms with Gasteiger partial charge in [0.2, 0.25) is 0 Å². The molecule has 2 nitrogen and oxygen atoms in total. The maximum Gasteiger partial charge on any atom is 0.137 e. The first-order valence-electron chi connectivity index (χ1n) is 3.39. The van der Waals surface area contributed by atoms with E-state index in [1.165, 1.54) is 0 Å². The van der Waals surface area contributed by atoms with Gasteiger partial charge in [0.05, 0.1) is 6.07 Å². The van der Waals surface area contributed by atoms with Crippen LogP contribution in [0.4, 0.5) is 8.78 Å². The summed E-state index contributed by atoms with van der Waals surface area (Å²) in [5.74, 6) is -2.28. The van der Waals surface area contributed by atoms with Gasteiger partial charge in [-0.25, -0.2) is 8.78 Å². The Morgan fingerprint density at radius 1 is 1.31 bits per heavy atom. The fourth-order valence-electron chi connectivity index (χ4n) is 0.851. The predicted molar refractivity (Wildman–Crippen MR) is 42.7 cm³/mol. The van der Waals surface area contributed by atoms with E-state index >= 15 is 0 Å². The van der Waals surface area contributed by atoms with E-state index < -0.39 is 17.4 Å². The van der Waals surface area contributed by atoms with Crippen molar-refractivity contribution < 1.29 is 13.9 Å². The van der Waals surface area contributed by atoms with Gasteiger partial charge in [-0.1, -0.05) is 0 Å². The lowest BCUT2D eigenvalue weighted by Crippen LogP contribution is -1.87. The smallest absolute Gasteiger partial charge is 0.137 e. The Morgan fingerprint density at radius 2 is 1.85 bits per heavy atom. The number of hydrogen-bond donors (Lipinski definition) is 1. The van der Waals surface area contributed by atoms with Crippen LogP contribution >= 0.6 is 0 Å². The number of phenols is 1. The Labute approximate surface area is 73.4 Å². The lowest BCUT2D eigenvalue weighted by atomic mass is 10.2. The van der Waals surface area contributed by atoms with Crippen molar-refractivity contribution in [3.8, 4) is 11.8 Å². The molecule has 0 unspecified atom stereocenters. The van der Waals surface area contributed by atoms with E-state index in [0.717, 1.165) is 24.3 Å². The molecule has 0 aliphatic carbocycles. The third-order valence-electron chi connectivity index (χ3n) is 1.39. The van der Waals surface area contributed by atoms with E-state index in [1.54, 1.807) is 6.07 Å². The van der Waals surface area contributed by atoms with Gasteiger partial charge >= 0.3 is 0 Å². The molecule has 0 bridgehead atoms. The van der Waals surface area contributed by atoms with Crippen LogP contribution in [0.2, 0.25) is 0 Å². The molecule has 0 saturated carbocycles. The number of phenolic OH excluding ortho intramolecular Hbond substituents is 1. The first kappa shape index (κ1) is 9.20. The highest BCUT2D eigenvalue weighted by atomic mass is 19.1. The second-order valence-corrected chi connectivity index (χ2v) is 2.29. The molecular formula is C9H5F2NO. The van der Waals surface area contributed by atoms with E-state index in [9.17, 15) is 8.78 Å². The van der Waals surface area contributed by atoms with Crippen molar-refractivity contribution in [1.82, 2.24) is 0 Å². The highest BCUT2D eigenvalue weighted by Gasteiger charge is 2.07. The minimum absolute atomic E-state index is 0.334. The number of rotatable bonds is 1. The molecule has 1 N–H and O–H groups in total. The molecule has 4 heteroatoms. The summed E-state index contributed by atoms with van der Waals surface area (Å²) in [6.45, 7) is 0. The number of allylic oxidation sites excluding steroid dienone is 1. The molecule has 0 heterocycles. The zero-order valence-corrected chi connectivity index (χ0v) is 6.46. The molecule has 13 heavy (non-hydrogen) atoms. The van der Waals surface area contributed by atoms with Crippen LogP contribution in [0.5, 0.6) is 5.75 Å². The summed E-state index contributed by atoms with van der Waals surface area (Å²) in [6.07, 6.45) is 1.96. The van der Waals surface area contributed by atoms with E-state index in [-0.39, 0.29) is 5.56 Å². The number of hydrogen-bond acceptors (Lipinski definition) is 2.